The van der Waals surface area contributed by atoms with Gasteiger partial charge in [0.05, 0.1) is 5.69 Å². The van der Waals surface area contributed by atoms with Gasteiger partial charge in [-0.3, -0.25) is 14.7 Å². The molecule has 28 heavy (non-hydrogen) atoms. The highest BCUT2D eigenvalue weighted by atomic mass is 16.1. The Morgan fingerprint density at radius 1 is 1.32 bits per heavy atom. The number of carbonyl (C=O) groups is 1. The lowest BCUT2D eigenvalue weighted by molar-refractivity contribution is -0.121. The SMILES string of the molecule is Cc1nc2nc[nH]n2c(=O)c1CCC(=O)N[C@@H](C)Cc1c[nH]c2ccccc12. The third-order valence-corrected chi connectivity index (χ3v) is 4.94. The number of amides is 1. The van der Waals surface area contributed by atoms with Crippen molar-refractivity contribution >= 4 is 22.6 Å². The van der Waals surface area contributed by atoms with E-state index in [9.17, 15) is 9.59 Å². The molecule has 0 spiro atoms. The van der Waals surface area contributed by atoms with E-state index in [0.717, 1.165) is 11.9 Å². The summed E-state index contributed by atoms with van der Waals surface area (Å²) in [6.07, 6.45) is 4.72. The average Bonchev–Trinajstić information content (AvgIpc) is 3.29. The van der Waals surface area contributed by atoms with Crippen LogP contribution in [0.1, 0.15) is 30.2 Å². The second-order valence-corrected chi connectivity index (χ2v) is 7.04. The van der Waals surface area contributed by atoms with Crippen LogP contribution in [0.2, 0.25) is 0 Å². The lowest BCUT2D eigenvalue weighted by atomic mass is 10.1. The van der Waals surface area contributed by atoms with Crippen LogP contribution in [0.25, 0.3) is 16.7 Å². The molecule has 1 atom stereocenters. The summed E-state index contributed by atoms with van der Waals surface area (Å²) in [7, 11) is 0. The van der Waals surface area contributed by atoms with Gasteiger partial charge in [-0.1, -0.05) is 18.2 Å². The average molecular weight is 378 g/mol. The van der Waals surface area contributed by atoms with E-state index in [4.69, 9.17) is 0 Å². The van der Waals surface area contributed by atoms with Crippen molar-refractivity contribution in [2.75, 3.05) is 0 Å². The molecule has 3 aromatic heterocycles. The number of hydrogen-bond donors (Lipinski definition) is 3. The van der Waals surface area contributed by atoms with E-state index in [2.05, 4.69) is 31.4 Å². The summed E-state index contributed by atoms with van der Waals surface area (Å²) in [5, 5.41) is 6.94. The van der Waals surface area contributed by atoms with E-state index in [0.29, 0.717) is 23.5 Å². The Labute approximate surface area is 161 Å². The molecule has 0 saturated heterocycles. The number of fused-ring (bicyclic) bond motifs is 2. The van der Waals surface area contributed by atoms with Crippen molar-refractivity contribution in [3.05, 3.63) is 64.0 Å². The molecule has 4 aromatic rings. The van der Waals surface area contributed by atoms with Gasteiger partial charge in [-0.2, -0.15) is 4.52 Å². The summed E-state index contributed by atoms with van der Waals surface area (Å²) in [5.74, 6) is 0.254. The van der Waals surface area contributed by atoms with Crippen LogP contribution >= 0.6 is 0 Å². The Morgan fingerprint density at radius 3 is 3.00 bits per heavy atom. The fourth-order valence-corrected chi connectivity index (χ4v) is 3.55. The van der Waals surface area contributed by atoms with Gasteiger partial charge in [-0.15, -0.1) is 0 Å². The van der Waals surface area contributed by atoms with Crippen molar-refractivity contribution in [3.8, 4) is 0 Å². The van der Waals surface area contributed by atoms with Crippen molar-refractivity contribution in [1.82, 2.24) is 29.9 Å². The van der Waals surface area contributed by atoms with Crippen LogP contribution in [0.5, 0.6) is 0 Å². The molecular weight excluding hydrogens is 356 g/mol. The number of aryl methyl sites for hydroxylation is 1. The Morgan fingerprint density at radius 2 is 2.14 bits per heavy atom. The van der Waals surface area contributed by atoms with Crippen molar-refractivity contribution in [1.29, 1.82) is 0 Å². The van der Waals surface area contributed by atoms with Gasteiger partial charge in [0.25, 0.3) is 11.3 Å². The molecular formula is C20H22N6O2. The molecule has 0 radical (unpaired) electrons. The Bertz CT molecular complexity index is 1200. The van der Waals surface area contributed by atoms with Crippen LogP contribution in [-0.2, 0) is 17.6 Å². The molecule has 1 aromatic carbocycles. The molecule has 3 heterocycles. The molecule has 4 rings (SSSR count). The second-order valence-electron chi connectivity index (χ2n) is 7.04. The first kappa shape index (κ1) is 18.0. The van der Waals surface area contributed by atoms with Crippen molar-refractivity contribution in [3.63, 3.8) is 0 Å². The van der Waals surface area contributed by atoms with E-state index in [-0.39, 0.29) is 23.9 Å². The molecule has 0 aliphatic carbocycles. The topological polar surface area (TPSA) is 108 Å². The van der Waals surface area contributed by atoms with E-state index < -0.39 is 0 Å². The van der Waals surface area contributed by atoms with Crippen LogP contribution < -0.4 is 10.9 Å². The van der Waals surface area contributed by atoms with Crippen LogP contribution in [0.15, 0.2) is 41.6 Å². The largest absolute Gasteiger partial charge is 0.361 e. The van der Waals surface area contributed by atoms with Gasteiger partial charge in [-0.05, 0) is 38.3 Å². The molecule has 0 saturated carbocycles. The zero-order chi connectivity index (χ0) is 19.7. The monoisotopic (exact) mass is 378 g/mol. The molecule has 144 valence electrons. The highest BCUT2D eigenvalue weighted by Crippen LogP contribution is 2.19. The third kappa shape index (κ3) is 3.40. The van der Waals surface area contributed by atoms with Gasteiger partial charge in [-0.25, -0.2) is 9.97 Å². The predicted molar refractivity (Wildman–Crippen MR) is 106 cm³/mol. The first-order valence-electron chi connectivity index (χ1n) is 9.29. The van der Waals surface area contributed by atoms with E-state index in [1.807, 2.05) is 31.3 Å². The maximum Gasteiger partial charge on any atom is 0.277 e. The molecule has 0 aliphatic heterocycles. The lowest BCUT2D eigenvalue weighted by Crippen LogP contribution is -2.34. The molecule has 0 bridgehead atoms. The van der Waals surface area contributed by atoms with Crippen LogP contribution in [-0.4, -0.2) is 36.5 Å². The van der Waals surface area contributed by atoms with Crippen LogP contribution in [0, 0.1) is 6.92 Å². The quantitative estimate of drug-likeness (QED) is 0.476. The number of rotatable bonds is 6. The first-order chi connectivity index (χ1) is 13.5. The summed E-state index contributed by atoms with van der Waals surface area (Å²) >= 11 is 0. The summed E-state index contributed by atoms with van der Waals surface area (Å²) in [5.41, 5.74) is 3.19. The van der Waals surface area contributed by atoms with Crippen molar-refractivity contribution < 1.29 is 4.79 Å². The molecule has 1 amide bonds. The Balaban J connectivity index is 1.39. The number of aromatic nitrogens is 5. The maximum atomic E-state index is 12.5. The number of para-hydroxylation sites is 1. The van der Waals surface area contributed by atoms with Gasteiger partial charge in [0.15, 0.2) is 0 Å². The first-order valence-corrected chi connectivity index (χ1v) is 9.29. The Hall–Kier alpha value is -3.42. The molecule has 3 N–H and O–H groups in total. The summed E-state index contributed by atoms with van der Waals surface area (Å²) in [6.45, 7) is 3.75. The highest BCUT2D eigenvalue weighted by molar-refractivity contribution is 5.83. The zero-order valence-electron chi connectivity index (χ0n) is 15.8. The van der Waals surface area contributed by atoms with E-state index >= 15 is 0 Å². The lowest BCUT2D eigenvalue weighted by Gasteiger charge is -2.14. The number of hydrogen-bond acceptors (Lipinski definition) is 4. The fraction of sp³-hybridized carbons (Fsp3) is 0.300. The molecule has 0 aliphatic rings. The predicted octanol–water partition coefficient (Wildman–Crippen LogP) is 1.89. The smallest absolute Gasteiger partial charge is 0.277 e. The summed E-state index contributed by atoms with van der Waals surface area (Å²) in [6, 6.07) is 8.10. The van der Waals surface area contributed by atoms with Crippen molar-refractivity contribution in [2.45, 2.75) is 39.2 Å². The normalized spacial score (nSPS) is 12.5. The Kier molecular flexibility index (Phi) is 4.68. The van der Waals surface area contributed by atoms with E-state index in [1.54, 1.807) is 6.92 Å². The zero-order valence-corrected chi connectivity index (χ0v) is 15.8. The number of H-pyrrole nitrogens is 2. The minimum atomic E-state index is -0.209. The molecule has 0 fully saturated rings. The van der Waals surface area contributed by atoms with Crippen LogP contribution in [0.3, 0.4) is 0 Å². The maximum absolute atomic E-state index is 12.5. The standard InChI is InChI=1S/C20H22N6O2/c1-12(9-14-10-21-17-6-4-3-5-16(14)17)24-18(27)8-7-15-13(2)25-20-22-11-23-26(20)19(15)28/h3-6,10-12,21H,7-9H2,1-2H3,(H,24,27)(H,22,23,25)/t12-/m0/s1. The highest BCUT2D eigenvalue weighted by Gasteiger charge is 2.15. The fourth-order valence-electron chi connectivity index (χ4n) is 3.55. The van der Waals surface area contributed by atoms with Crippen molar-refractivity contribution in [2.24, 2.45) is 0 Å². The van der Waals surface area contributed by atoms with Crippen LogP contribution in [0.4, 0.5) is 0 Å². The minimum Gasteiger partial charge on any atom is -0.361 e. The summed E-state index contributed by atoms with van der Waals surface area (Å²) < 4.78 is 1.29. The third-order valence-electron chi connectivity index (χ3n) is 4.94. The molecule has 8 nitrogen and oxygen atoms in total. The van der Waals surface area contributed by atoms with Gasteiger partial charge in [0.2, 0.25) is 5.91 Å². The van der Waals surface area contributed by atoms with E-state index in [1.165, 1.54) is 21.8 Å². The minimum absolute atomic E-state index is 0.0119. The number of benzene rings is 1. The number of nitrogens with zero attached hydrogens (tertiary/aromatic N) is 3. The number of aromatic amines is 2. The number of nitrogens with one attached hydrogen (secondary N) is 3. The summed E-state index contributed by atoms with van der Waals surface area (Å²) in [4.78, 5) is 36.4. The van der Waals surface area contributed by atoms with Gasteiger partial charge in [0.1, 0.15) is 6.33 Å². The van der Waals surface area contributed by atoms with Gasteiger partial charge in [0, 0.05) is 35.1 Å². The van der Waals surface area contributed by atoms with Gasteiger partial charge < -0.3 is 10.3 Å². The molecule has 0 unspecified atom stereocenters. The van der Waals surface area contributed by atoms with Gasteiger partial charge >= 0.3 is 0 Å². The second kappa shape index (κ2) is 7.30. The number of carbonyl (C=O) groups excluding carboxylic acids is 1. The molecule has 8 heteroatoms.